The fourth-order valence-electron chi connectivity index (χ4n) is 7.84. The molecule has 0 N–H and O–H groups in total. The maximum atomic E-state index is 6.31. The van der Waals surface area contributed by atoms with Crippen LogP contribution in [0.5, 0.6) is 0 Å². The van der Waals surface area contributed by atoms with Gasteiger partial charge in [-0.05, 0) is 89.0 Å². The van der Waals surface area contributed by atoms with Crippen molar-refractivity contribution < 1.29 is 4.42 Å². The first kappa shape index (κ1) is 27.8. The number of hydrogen-bond acceptors (Lipinski definition) is 2. The molecule has 0 saturated heterocycles. The van der Waals surface area contributed by atoms with Crippen molar-refractivity contribution in [1.82, 2.24) is 4.57 Å². The summed E-state index contributed by atoms with van der Waals surface area (Å²) in [4.78, 5) is 2.42. The molecule has 0 spiro atoms. The lowest BCUT2D eigenvalue weighted by atomic mass is 10.0. The first-order valence-corrected chi connectivity index (χ1v) is 17.0. The second kappa shape index (κ2) is 11.1. The third kappa shape index (κ3) is 4.51. The van der Waals surface area contributed by atoms with E-state index in [4.69, 9.17) is 4.42 Å². The lowest BCUT2D eigenvalue weighted by Gasteiger charge is -2.32. The first-order chi connectivity index (χ1) is 24.3. The van der Waals surface area contributed by atoms with Crippen LogP contribution in [0.4, 0.5) is 11.4 Å². The number of hydrogen-bond donors (Lipinski definition) is 0. The van der Waals surface area contributed by atoms with Crippen LogP contribution in [0.3, 0.4) is 0 Å². The molecule has 0 fully saturated rings. The molecule has 3 heteroatoms. The molecule has 2 aromatic heterocycles. The second-order valence-electron chi connectivity index (χ2n) is 12.9. The number of nitrogens with zero attached hydrogens (tertiary/aromatic N) is 2. The van der Waals surface area contributed by atoms with Crippen LogP contribution in [-0.4, -0.2) is 10.6 Å². The Morgan fingerprint density at radius 2 is 1.18 bits per heavy atom. The number of para-hydroxylation sites is 3. The molecule has 10 rings (SSSR count). The van der Waals surface area contributed by atoms with Crippen LogP contribution >= 0.6 is 0 Å². The average Bonchev–Trinajstić information content (AvgIpc) is 3.71. The Bertz CT molecular complexity index is 2790. The highest BCUT2D eigenvalue weighted by atomic mass is 16.3. The summed E-state index contributed by atoms with van der Waals surface area (Å²) in [7, 11) is 0. The van der Waals surface area contributed by atoms with Gasteiger partial charge in [0, 0.05) is 38.4 Å². The van der Waals surface area contributed by atoms with Crippen molar-refractivity contribution in [1.29, 1.82) is 0 Å². The quantitative estimate of drug-likeness (QED) is 0.189. The second-order valence-corrected chi connectivity index (χ2v) is 12.9. The van der Waals surface area contributed by atoms with Gasteiger partial charge in [-0.15, -0.1) is 0 Å². The fraction of sp³-hybridized carbons (Fsp3) is 0.0435. The minimum atomic E-state index is 0.129. The van der Waals surface area contributed by atoms with Gasteiger partial charge in [-0.2, -0.15) is 0 Å². The highest BCUT2D eigenvalue weighted by Crippen LogP contribution is 2.38. The van der Waals surface area contributed by atoms with Gasteiger partial charge in [0.25, 0.3) is 0 Å². The zero-order valence-corrected chi connectivity index (χ0v) is 26.8. The molecule has 0 aliphatic heterocycles. The summed E-state index contributed by atoms with van der Waals surface area (Å²) in [6.45, 7) is 0. The Hall–Kier alpha value is -6.32. The summed E-state index contributed by atoms with van der Waals surface area (Å²) >= 11 is 0. The summed E-state index contributed by atoms with van der Waals surface area (Å²) in [5, 5.41) is 7.52. The van der Waals surface area contributed by atoms with E-state index in [1.165, 1.54) is 54.3 Å². The molecule has 0 bridgehead atoms. The van der Waals surface area contributed by atoms with Crippen LogP contribution in [0.2, 0.25) is 0 Å². The van der Waals surface area contributed by atoms with Gasteiger partial charge in [-0.3, -0.25) is 0 Å². The van der Waals surface area contributed by atoms with Gasteiger partial charge in [-0.1, -0.05) is 115 Å². The topological polar surface area (TPSA) is 21.3 Å². The van der Waals surface area contributed by atoms with E-state index in [-0.39, 0.29) is 6.04 Å². The molecule has 2 heterocycles. The van der Waals surface area contributed by atoms with E-state index >= 15 is 0 Å². The van der Waals surface area contributed by atoms with Crippen LogP contribution < -0.4 is 15.5 Å². The summed E-state index contributed by atoms with van der Waals surface area (Å²) in [6, 6.07) is 59.0. The number of benzene rings is 7. The summed E-state index contributed by atoms with van der Waals surface area (Å²) < 4.78 is 8.70. The van der Waals surface area contributed by atoms with Gasteiger partial charge in [0.15, 0.2) is 0 Å². The minimum absolute atomic E-state index is 0.129. The number of aromatic nitrogens is 1. The minimum Gasteiger partial charge on any atom is -0.456 e. The lowest BCUT2D eigenvalue weighted by molar-refractivity contribution is 0.568. The number of rotatable bonds is 5. The van der Waals surface area contributed by atoms with Crippen molar-refractivity contribution in [3.8, 4) is 16.8 Å². The van der Waals surface area contributed by atoms with Crippen LogP contribution in [0.25, 0.3) is 72.5 Å². The highest BCUT2D eigenvalue weighted by Gasteiger charge is 2.22. The molecule has 3 nitrogen and oxygen atoms in total. The maximum absolute atomic E-state index is 6.31. The van der Waals surface area contributed by atoms with Crippen LogP contribution in [0, 0.1) is 0 Å². The van der Waals surface area contributed by atoms with Crippen LogP contribution in [-0.2, 0) is 0 Å². The van der Waals surface area contributed by atoms with Crippen molar-refractivity contribution in [2.75, 3.05) is 4.90 Å². The monoisotopic (exact) mass is 628 g/mol. The Morgan fingerprint density at radius 3 is 2.00 bits per heavy atom. The lowest BCUT2D eigenvalue weighted by Crippen LogP contribution is -2.36. The van der Waals surface area contributed by atoms with Crippen molar-refractivity contribution in [2.24, 2.45) is 0 Å². The Morgan fingerprint density at radius 1 is 0.531 bits per heavy atom. The van der Waals surface area contributed by atoms with E-state index in [1.807, 2.05) is 6.07 Å². The normalized spacial score (nSPS) is 14.2. The van der Waals surface area contributed by atoms with Crippen LogP contribution in [0.15, 0.2) is 168 Å². The number of anilines is 2. The van der Waals surface area contributed by atoms with Gasteiger partial charge in [0.05, 0.1) is 17.1 Å². The molecule has 1 aliphatic rings. The van der Waals surface area contributed by atoms with Gasteiger partial charge < -0.3 is 13.9 Å². The van der Waals surface area contributed by atoms with Crippen molar-refractivity contribution in [2.45, 2.75) is 12.5 Å². The Balaban J connectivity index is 1.01. The zero-order chi connectivity index (χ0) is 32.3. The van der Waals surface area contributed by atoms with Gasteiger partial charge in [-0.25, -0.2) is 0 Å². The Kier molecular flexibility index (Phi) is 6.31. The predicted molar refractivity (Wildman–Crippen MR) is 205 cm³/mol. The number of furan rings is 1. The van der Waals surface area contributed by atoms with E-state index in [0.29, 0.717) is 0 Å². The van der Waals surface area contributed by atoms with Crippen molar-refractivity contribution >= 4 is 67.1 Å². The standard InChI is InChI=1S/C46H32N2O/c1-2-11-34(12-3-1)47(37-27-28-40-39-14-7-9-17-44(39)49-45(40)30-37)35-23-18-31(19-24-35)32-20-25-36(26-21-32)48-42-16-8-6-15-41(42)46-38-13-5-4-10-33(38)22-29-43(46)48/h1-26,28-30,37H,27H2. The van der Waals surface area contributed by atoms with E-state index < -0.39 is 0 Å². The molecule has 232 valence electrons. The highest BCUT2D eigenvalue weighted by molar-refractivity contribution is 6.21. The molecular formula is C46H32N2O. The van der Waals surface area contributed by atoms with E-state index in [2.05, 4.69) is 179 Å². The molecule has 7 aromatic carbocycles. The fourth-order valence-corrected chi connectivity index (χ4v) is 7.84. The molecule has 49 heavy (non-hydrogen) atoms. The first-order valence-electron chi connectivity index (χ1n) is 17.0. The molecule has 0 saturated carbocycles. The van der Waals surface area contributed by atoms with Crippen molar-refractivity contribution in [3.63, 3.8) is 0 Å². The Labute approximate surface area is 283 Å². The summed E-state index contributed by atoms with van der Waals surface area (Å²) in [5.41, 5.74) is 10.2. The largest absolute Gasteiger partial charge is 0.456 e. The maximum Gasteiger partial charge on any atom is 0.135 e. The SMILES string of the molecule is C1=c2oc3ccccc3c2=CCC1N(c1ccccc1)c1ccc(-c2ccc(-n3c4ccccc4c4c5ccccc5ccc43)cc2)cc1. The molecule has 0 amide bonds. The molecule has 1 atom stereocenters. The number of fused-ring (bicyclic) bond motifs is 8. The molecule has 1 unspecified atom stereocenters. The van der Waals surface area contributed by atoms with Gasteiger partial charge >= 0.3 is 0 Å². The predicted octanol–water partition coefficient (Wildman–Crippen LogP) is 10.5. The molecule has 9 aromatic rings. The smallest absolute Gasteiger partial charge is 0.135 e. The summed E-state index contributed by atoms with van der Waals surface area (Å²) in [6.07, 6.45) is 5.51. The van der Waals surface area contributed by atoms with Gasteiger partial charge in [0.1, 0.15) is 11.0 Å². The average molecular weight is 629 g/mol. The molecule has 1 aliphatic carbocycles. The summed E-state index contributed by atoms with van der Waals surface area (Å²) in [5.74, 6) is 0. The third-order valence-corrected chi connectivity index (χ3v) is 10.1. The van der Waals surface area contributed by atoms with Crippen LogP contribution in [0.1, 0.15) is 6.42 Å². The zero-order valence-electron chi connectivity index (χ0n) is 26.8. The van der Waals surface area contributed by atoms with E-state index in [9.17, 15) is 0 Å². The molecular weight excluding hydrogens is 597 g/mol. The third-order valence-electron chi connectivity index (χ3n) is 10.1. The van der Waals surface area contributed by atoms with E-state index in [1.54, 1.807) is 0 Å². The van der Waals surface area contributed by atoms with Crippen molar-refractivity contribution in [3.05, 3.63) is 174 Å². The van der Waals surface area contributed by atoms with Gasteiger partial charge in [0.2, 0.25) is 0 Å². The van der Waals surface area contributed by atoms with E-state index in [0.717, 1.165) is 34.5 Å². The molecule has 0 radical (unpaired) electrons.